The van der Waals surface area contributed by atoms with Crippen LogP contribution in [0.15, 0.2) is 24.3 Å². The van der Waals surface area contributed by atoms with Crippen LogP contribution >= 0.6 is 0 Å². The molecule has 3 N–H and O–H groups in total. The maximum absolute atomic E-state index is 7.00. The molecular weight excluding hydrogens is 969 g/mol. The molecule has 7 rings (SSSR count). The second-order valence-corrected chi connectivity index (χ2v) is 25.3. The molecule has 5 aliphatic carbocycles. The highest BCUT2D eigenvalue weighted by Gasteiger charge is 2.62. The van der Waals surface area contributed by atoms with Crippen molar-refractivity contribution in [3.05, 3.63) is 46.5 Å². The van der Waals surface area contributed by atoms with Gasteiger partial charge in [-0.2, -0.15) is 0 Å². The molecule has 9 heteroatoms. The van der Waals surface area contributed by atoms with E-state index >= 15 is 0 Å². The van der Waals surface area contributed by atoms with Crippen molar-refractivity contribution in [2.75, 3.05) is 68.4 Å². The second-order valence-electron chi connectivity index (χ2n) is 25.3. The van der Waals surface area contributed by atoms with Gasteiger partial charge in [0.1, 0.15) is 13.2 Å². The molecule has 454 valence electrons. The van der Waals surface area contributed by atoms with Gasteiger partial charge in [-0.1, -0.05) is 157 Å². The third-order valence-electron chi connectivity index (χ3n) is 19.2. The number of rotatable bonds is 23. The van der Waals surface area contributed by atoms with E-state index in [1.807, 2.05) is 70.0 Å². The summed E-state index contributed by atoms with van der Waals surface area (Å²) in [7, 11) is 8.53. The van der Waals surface area contributed by atoms with Crippen LogP contribution in [0.1, 0.15) is 224 Å². The zero-order chi connectivity index (χ0) is 59.2. The molecule has 0 aliphatic heterocycles. The quantitative estimate of drug-likeness (QED) is 0.0940. The summed E-state index contributed by atoms with van der Waals surface area (Å²) in [6, 6.07) is 9.35. The largest absolute Gasteiger partial charge is 0.493 e. The van der Waals surface area contributed by atoms with Crippen LogP contribution in [0.4, 0.5) is 0 Å². The molecule has 9 nitrogen and oxygen atoms in total. The van der Waals surface area contributed by atoms with Gasteiger partial charge in [-0.15, -0.1) is 0 Å². The Morgan fingerprint density at radius 3 is 1.46 bits per heavy atom. The Labute approximate surface area is 482 Å². The van der Waals surface area contributed by atoms with Crippen molar-refractivity contribution in [3.63, 3.8) is 0 Å². The van der Waals surface area contributed by atoms with Gasteiger partial charge < -0.3 is 44.2 Å². The molecule has 0 spiro atoms. The molecule has 5 fully saturated rings. The molecule has 0 aromatic heterocycles. The van der Waals surface area contributed by atoms with Crippen LogP contribution < -0.4 is 29.6 Å². The minimum atomic E-state index is -0.183. The molecule has 0 bridgehead atoms. The van der Waals surface area contributed by atoms with Gasteiger partial charge in [0, 0.05) is 55.9 Å². The maximum atomic E-state index is 7.00. The van der Waals surface area contributed by atoms with Crippen LogP contribution in [0.2, 0.25) is 0 Å². The summed E-state index contributed by atoms with van der Waals surface area (Å²) < 4.78 is 39.5. The predicted molar refractivity (Wildman–Crippen MR) is 334 cm³/mol. The molecule has 0 amide bonds. The molecule has 5 aliphatic rings. The summed E-state index contributed by atoms with van der Waals surface area (Å²) in [4.78, 5) is 0. The fourth-order valence-corrected chi connectivity index (χ4v) is 13.4. The van der Waals surface area contributed by atoms with Gasteiger partial charge in [-0.3, -0.25) is 0 Å². The van der Waals surface area contributed by atoms with E-state index in [4.69, 9.17) is 33.5 Å². The lowest BCUT2D eigenvalue weighted by Crippen LogP contribution is -2.66. The molecule has 0 radical (unpaired) electrons. The highest BCUT2D eigenvalue weighted by Crippen LogP contribution is 2.64. The minimum absolute atomic E-state index is 0.0420. The van der Waals surface area contributed by atoms with E-state index in [1.54, 1.807) is 0 Å². The Morgan fingerprint density at radius 1 is 0.603 bits per heavy atom. The molecule has 0 heterocycles. The predicted octanol–water partition coefficient (Wildman–Crippen LogP) is 16.5. The smallest absolute Gasteiger partial charge is 0.164 e. The second kappa shape index (κ2) is 34.1. The Morgan fingerprint density at radius 2 is 1.04 bits per heavy atom. The normalized spacial score (nSPS) is 27.0. The number of fused-ring (bicyclic) bond motifs is 1. The maximum Gasteiger partial charge on any atom is 0.164 e. The fraction of sp³-hybridized carbons (Fsp3) is 0.826. The first-order valence-electron chi connectivity index (χ1n) is 31.9. The molecule has 5 saturated carbocycles. The monoisotopic (exact) mass is 1090 g/mol. The molecule has 2 aromatic carbocycles. The van der Waals surface area contributed by atoms with Gasteiger partial charge in [0.15, 0.2) is 23.0 Å². The van der Waals surface area contributed by atoms with Crippen LogP contribution in [0, 0.1) is 58.2 Å². The summed E-state index contributed by atoms with van der Waals surface area (Å²) >= 11 is 0. The number of aliphatic hydroxyl groups is 1. The number of hydrogen-bond donors (Lipinski definition) is 3. The first-order chi connectivity index (χ1) is 37.3. The van der Waals surface area contributed by atoms with Gasteiger partial charge in [0.2, 0.25) is 0 Å². The van der Waals surface area contributed by atoms with E-state index in [0.29, 0.717) is 54.8 Å². The van der Waals surface area contributed by atoms with Crippen LogP contribution in [0.3, 0.4) is 0 Å². The topological polar surface area (TPSA) is 99.7 Å². The number of ether oxygens (including phenoxy) is 6. The average Bonchev–Trinajstić information content (AvgIpc) is 4.53. The minimum Gasteiger partial charge on any atom is -0.493 e. The first kappa shape index (κ1) is 71.5. The van der Waals surface area contributed by atoms with E-state index in [2.05, 4.69) is 125 Å². The Bertz CT molecular complexity index is 1950. The van der Waals surface area contributed by atoms with Crippen LogP contribution in [-0.2, 0) is 33.1 Å². The average molecular weight is 1100 g/mol. The SMILES string of the molecule is CC.CC.CC.CCCC.CCc1ccc(OCCOc2ccc(CC)c([C@]34CC(NCC5CC5)C3CC(C(C)C(C)(C)C)C(OC)C4)c2OC)c(OC)c1C1(CNCC2CC2)CC(OC)C(C(C)C(C)(C)C)CC1C.CO. The van der Waals surface area contributed by atoms with Gasteiger partial charge in [-0.25, -0.2) is 0 Å². The van der Waals surface area contributed by atoms with Gasteiger partial charge in [-0.05, 0) is 165 Å². The Balaban J connectivity index is 0.00000160. The number of benzene rings is 2. The summed E-state index contributed by atoms with van der Waals surface area (Å²) in [6.45, 7) is 46.5. The summed E-state index contributed by atoms with van der Waals surface area (Å²) in [5, 5.41) is 15.1. The van der Waals surface area contributed by atoms with E-state index in [0.717, 1.165) is 107 Å². The van der Waals surface area contributed by atoms with Crippen molar-refractivity contribution in [1.82, 2.24) is 10.6 Å². The van der Waals surface area contributed by atoms with Crippen molar-refractivity contribution in [2.24, 2.45) is 58.2 Å². The third kappa shape index (κ3) is 17.5. The highest BCUT2D eigenvalue weighted by atomic mass is 16.5. The van der Waals surface area contributed by atoms with E-state index in [-0.39, 0.29) is 33.9 Å². The molecule has 11 atom stereocenters. The standard InChI is InChI=1S/C58H94N2O6.C4H10.3C2H6.CH4O/c1-16-41-22-24-47(53(63-14)51(41)57-30-46(60-34-40-20-21-40)45(57)29-44(49(31-57)61-12)38(5)56(9,10)11)65-26-27-66-48-25-23-42(17-2)52(54(48)64-15)58(35-59-33-39-18-19-39)32-50(62-13)43(28-36(58)3)37(4)55(6,7)8;1-3-4-2;4*1-2/h22-25,36-40,43-46,49-50,59-60H,16-21,26-35H2,1-15H3;3-4H2,1-2H3;3*1-2H3;2H,1H3/t36?,37?,38?,43?,44?,45?,46?,49?,50?,57-,58?;;;;;/m0...../s1. The number of unbranched alkanes of at least 4 members (excludes halogenated alkanes) is 1. The van der Waals surface area contributed by atoms with Crippen LogP contribution in [-0.4, -0.2) is 91.8 Å². The number of methoxy groups -OCH3 is 4. The lowest BCUT2D eigenvalue weighted by Gasteiger charge is -2.63. The van der Waals surface area contributed by atoms with Gasteiger partial charge >= 0.3 is 0 Å². The van der Waals surface area contributed by atoms with Crippen molar-refractivity contribution in [2.45, 2.75) is 244 Å². The van der Waals surface area contributed by atoms with Crippen molar-refractivity contribution in [1.29, 1.82) is 0 Å². The van der Waals surface area contributed by atoms with Crippen LogP contribution in [0.5, 0.6) is 23.0 Å². The lowest BCUT2D eigenvalue weighted by molar-refractivity contribution is -0.112. The van der Waals surface area contributed by atoms with E-state index < -0.39 is 0 Å². The number of aryl methyl sites for hydroxylation is 2. The summed E-state index contributed by atoms with van der Waals surface area (Å²) in [6.07, 6.45) is 15.5. The summed E-state index contributed by atoms with van der Waals surface area (Å²) in [5.41, 5.74) is 5.52. The number of nitrogens with one attached hydrogen (secondary N) is 2. The molecule has 10 unspecified atom stereocenters. The molecule has 78 heavy (non-hydrogen) atoms. The zero-order valence-electron chi connectivity index (χ0n) is 55.3. The lowest BCUT2D eigenvalue weighted by atomic mass is 9.44. The van der Waals surface area contributed by atoms with Gasteiger partial charge in [0.25, 0.3) is 0 Å². The number of aliphatic hydroxyl groups excluding tert-OH is 1. The van der Waals surface area contributed by atoms with Crippen molar-refractivity contribution < 1.29 is 33.5 Å². The zero-order valence-corrected chi connectivity index (χ0v) is 55.3. The number of hydrogen-bond acceptors (Lipinski definition) is 9. The highest BCUT2D eigenvalue weighted by molar-refractivity contribution is 5.58. The third-order valence-corrected chi connectivity index (χ3v) is 19.2. The summed E-state index contributed by atoms with van der Waals surface area (Å²) in [5.74, 6) is 7.94. The van der Waals surface area contributed by atoms with Crippen LogP contribution in [0.25, 0.3) is 0 Å². The fourth-order valence-electron chi connectivity index (χ4n) is 13.4. The van der Waals surface area contributed by atoms with Crippen molar-refractivity contribution in [3.8, 4) is 23.0 Å². The first-order valence-corrected chi connectivity index (χ1v) is 31.9. The molecule has 2 aromatic rings. The molecular formula is C69H126N2O7. The Kier molecular flexibility index (Phi) is 31.3. The van der Waals surface area contributed by atoms with Gasteiger partial charge in [0.05, 0.1) is 26.4 Å². The van der Waals surface area contributed by atoms with E-state index in [1.165, 1.54) is 60.8 Å². The van der Waals surface area contributed by atoms with E-state index in [9.17, 15) is 0 Å². The molecule has 0 saturated heterocycles. The Hall–Kier alpha value is -2.56. The van der Waals surface area contributed by atoms with Crippen molar-refractivity contribution >= 4 is 0 Å².